The number of aliphatic hydroxyl groups excluding tert-OH is 1. The van der Waals surface area contributed by atoms with Crippen LogP contribution in [-0.2, 0) is 4.79 Å². The Kier molecular flexibility index (Phi) is 5.43. The minimum absolute atomic E-state index is 0.0946. The lowest BCUT2D eigenvalue weighted by Crippen LogP contribution is -2.43. The van der Waals surface area contributed by atoms with Gasteiger partial charge in [-0.25, -0.2) is 14.0 Å². The van der Waals surface area contributed by atoms with E-state index in [1.54, 1.807) is 6.07 Å². The van der Waals surface area contributed by atoms with Gasteiger partial charge in [0, 0.05) is 13.0 Å². The molecule has 0 aliphatic heterocycles. The van der Waals surface area contributed by atoms with Crippen molar-refractivity contribution < 1.29 is 24.2 Å². The van der Waals surface area contributed by atoms with Gasteiger partial charge in [-0.2, -0.15) is 5.26 Å². The molecule has 8 heteroatoms. The van der Waals surface area contributed by atoms with Gasteiger partial charge in [0.1, 0.15) is 11.9 Å². The third-order valence-electron chi connectivity index (χ3n) is 2.37. The summed E-state index contributed by atoms with van der Waals surface area (Å²) >= 11 is 0. The Hall–Kier alpha value is -2.66. The fourth-order valence-electron chi connectivity index (χ4n) is 1.39. The maximum absolute atomic E-state index is 13.5. The summed E-state index contributed by atoms with van der Waals surface area (Å²) in [5.41, 5.74) is -0.0909. The predicted octanol–water partition coefficient (Wildman–Crippen LogP) is 0.654. The highest BCUT2D eigenvalue weighted by molar-refractivity contribution is 5.92. The van der Waals surface area contributed by atoms with Crippen LogP contribution in [0.2, 0.25) is 0 Å². The van der Waals surface area contributed by atoms with Crippen molar-refractivity contribution in [1.82, 2.24) is 5.32 Å². The van der Waals surface area contributed by atoms with Crippen LogP contribution < -0.4 is 10.6 Å². The standard InChI is InChI=1S/C12H12FN3O4/c13-8-5-7(6-14)1-2-9(8)15-12(20)16-10(3-4-17)11(18)19/h1-2,5,10,17H,3-4H2,(H,18,19)(H2,15,16,20). The van der Waals surface area contributed by atoms with Crippen LogP contribution >= 0.6 is 0 Å². The van der Waals surface area contributed by atoms with Gasteiger partial charge in [-0.1, -0.05) is 0 Å². The summed E-state index contributed by atoms with van der Waals surface area (Å²) in [6.07, 6.45) is -0.168. The molecule has 1 aromatic carbocycles. The highest BCUT2D eigenvalue weighted by atomic mass is 19.1. The van der Waals surface area contributed by atoms with E-state index in [-0.39, 0.29) is 17.7 Å². The molecule has 106 valence electrons. The second kappa shape index (κ2) is 7.06. The van der Waals surface area contributed by atoms with Crippen molar-refractivity contribution in [3.8, 4) is 6.07 Å². The van der Waals surface area contributed by atoms with Crippen molar-refractivity contribution >= 4 is 17.7 Å². The number of nitriles is 1. The molecule has 4 N–H and O–H groups in total. The average Bonchev–Trinajstić information content (AvgIpc) is 2.40. The molecule has 1 atom stereocenters. The number of carbonyl (C=O) groups is 2. The van der Waals surface area contributed by atoms with Crippen molar-refractivity contribution in [1.29, 1.82) is 5.26 Å². The normalized spacial score (nSPS) is 11.2. The fourth-order valence-corrected chi connectivity index (χ4v) is 1.39. The number of hydrogen-bond acceptors (Lipinski definition) is 4. The van der Waals surface area contributed by atoms with E-state index in [1.807, 2.05) is 0 Å². The Bertz CT molecular complexity index is 556. The van der Waals surface area contributed by atoms with E-state index in [9.17, 15) is 14.0 Å². The third-order valence-corrected chi connectivity index (χ3v) is 2.37. The Morgan fingerprint density at radius 2 is 2.15 bits per heavy atom. The quantitative estimate of drug-likeness (QED) is 0.631. The van der Waals surface area contributed by atoms with Crippen LogP contribution in [0.1, 0.15) is 12.0 Å². The molecular weight excluding hydrogens is 269 g/mol. The van der Waals surface area contributed by atoms with Crippen LogP contribution in [0.5, 0.6) is 0 Å². The number of nitrogens with zero attached hydrogens (tertiary/aromatic N) is 1. The van der Waals surface area contributed by atoms with Crippen LogP contribution in [0, 0.1) is 17.1 Å². The zero-order valence-corrected chi connectivity index (χ0v) is 10.3. The van der Waals surface area contributed by atoms with Gasteiger partial charge in [0.2, 0.25) is 0 Å². The molecule has 20 heavy (non-hydrogen) atoms. The van der Waals surface area contributed by atoms with E-state index >= 15 is 0 Å². The number of urea groups is 1. The van der Waals surface area contributed by atoms with Gasteiger partial charge in [-0.3, -0.25) is 0 Å². The van der Waals surface area contributed by atoms with Crippen LogP contribution in [0.4, 0.5) is 14.9 Å². The van der Waals surface area contributed by atoms with Gasteiger partial charge < -0.3 is 20.8 Å². The Balaban J connectivity index is 2.71. The summed E-state index contributed by atoms with van der Waals surface area (Å²) in [5, 5.41) is 30.2. The lowest BCUT2D eigenvalue weighted by molar-refractivity contribution is -0.139. The molecule has 0 radical (unpaired) electrons. The molecule has 0 saturated carbocycles. The highest BCUT2D eigenvalue weighted by Gasteiger charge is 2.19. The fraction of sp³-hybridized carbons (Fsp3) is 0.250. The largest absolute Gasteiger partial charge is 0.480 e. The molecule has 1 unspecified atom stereocenters. The molecule has 7 nitrogen and oxygen atoms in total. The Labute approximate surface area is 113 Å². The second-order valence-electron chi connectivity index (χ2n) is 3.81. The first-order chi connectivity index (χ1) is 9.47. The minimum atomic E-state index is -1.31. The number of halogens is 1. The Morgan fingerprint density at radius 3 is 2.65 bits per heavy atom. The van der Waals surface area contributed by atoms with Crippen LogP contribution in [0.3, 0.4) is 0 Å². The molecule has 0 aromatic heterocycles. The van der Waals surface area contributed by atoms with E-state index in [1.165, 1.54) is 12.1 Å². The van der Waals surface area contributed by atoms with E-state index in [0.717, 1.165) is 6.07 Å². The highest BCUT2D eigenvalue weighted by Crippen LogP contribution is 2.15. The van der Waals surface area contributed by atoms with E-state index in [0.29, 0.717) is 0 Å². The average molecular weight is 281 g/mol. The molecule has 1 aromatic rings. The van der Waals surface area contributed by atoms with Crippen molar-refractivity contribution in [3.63, 3.8) is 0 Å². The number of carboxylic acids is 1. The zero-order valence-electron chi connectivity index (χ0n) is 10.3. The number of aliphatic carboxylic acids is 1. The SMILES string of the molecule is N#Cc1ccc(NC(=O)NC(CCO)C(=O)O)c(F)c1. The maximum atomic E-state index is 13.5. The summed E-state index contributed by atoms with van der Waals surface area (Å²) in [7, 11) is 0. The molecule has 1 rings (SSSR count). The molecule has 2 amide bonds. The Morgan fingerprint density at radius 1 is 1.45 bits per heavy atom. The van der Waals surface area contributed by atoms with Crippen LogP contribution in [0.15, 0.2) is 18.2 Å². The van der Waals surface area contributed by atoms with Gasteiger partial charge in [-0.15, -0.1) is 0 Å². The zero-order chi connectivity index (χ0) is 15.1. The van der Waals surface area contributed by atoms with E-state index < -0.39 is 30.5 Å². The predicted molar refractivity (Wildman–Crippen MR) is 66.4 cm³/mol. The summed E-state index contributed by atoms with van der Waals surface area (Å²) in [5.74, 6) is -2.12. The number of amides is 2. The number of benzene rings is 1. The number of nitrogens with one attached hydrogen (secondary N) is 2. The third kappa shape index (κ3) is 4.22. The maximum Gasteiger partial charge on any atom is 0.326 e. The van der Waals surface area contributed by atoms with Gasteiger partial charge in [-0.05, 0) is 18.2 Å². The summed E-state index contributed by atoms with van der Waals surface area (Å²) in [6.45, 7) is -0.414. The summed E-state index contributed by atoms with van der Waals surface area (Å²) < 4.78 is 13.5. The lowest BCUT2D eigenvalue weighted by Gasteiger charge is -2.14. The number of anilines is 1. The van der Waals surface area contributed by atoms with Crippen molar-refractivity contribution in [2.24, 2.45) is 0 Å². The molecule has 0 fully saturated rings. The first-order valence-electron chi connectivity index (χ1n) is 5.58. The van der Waals surface area contributed by atoms with Gasteiger partial charge >= 0.3 is 12.0 Å². The summed E-state index contributed by atoms with van der Waals surface area (Å²) in [6, 6.07) is 2.98. The van der Waals surface area contributed by atoms with Gasteiger partial charge in [0.05, 0.1) is 17.3 Å². The van der Waals surface area contributed by atoms with Crippen molar-refractivity contribution in [2.75, 3.05) is 11.9 Å². The van der Waals surface area contributed by atoms with Crippen molar-refractivity contribution in [3.05, 3.63) is 29.6 Å². The van der Waals surface area contributed by atoms with Crippen LogP contribution in [0.25, 0.3) is 0 Å². The van der Waals surface area contributed by atoms with Crippen molar-refractivity contribution in [2.45, 2.75) is 12.5 Å². The van der Waals surface area contributed by atoms with Gasteiger partial charge in [0.25, 0.3) is 0 Å². The minimum Gasteiger partial charge on any atom is -0.480 e. The molecule has 0 aliphatic rings. The first-order valence-corrected chi connectivity index (χ1v) is 5.58. The first kappa shape index (κ1) is 15.4. The molecular formula is C12H12FN3O4. The molecule has 0 bridgehead atoms. The lowest BCUT2D eigenvalue weighted by atomic mass is 10.2. The second-order valence-corrected chi connectivity index (χ2v) is 3.81. The molecule has 0 heterocycles. The topological polar surface area (TPSA) is 122 Å². The van der Waals surface area contributed by atoms with E-state index in [2.05, 4.69) is 10.6 Å². The number of aliphatic hydroxyl groups is 1. The molecule has 0 aliphatic carbocycles. The molecule has 0 saturated heterocycles. The number of carboxylic acid groups (broad SMARTS) is 1. The van der Waals surface area contributed by atoms with E-state index in [4.69, 9.17) is 15.5 Å². The number of rotatable bonds is 5. The van der Waals surface area contributed by atoms with Crippen LogP contribution in [-0.4, -0.2) is 34.9 Å². The smallest absolute Gasteiger partial charge is 0.326 e. The number of carbonyl (C=O) groups excluding carboxylic acids is 1. The molecule has 0 spiro atoms. The summed E-state index contributed by atoms with van der Waals surface area (Å²) in [4.78, 5) is 22.3. The number of hydrogen-bond donors (Lipinski definition) is 4. The monoisotopic (exact) mass is 281 g/mol. The van der Waals surface area contributed by atoms with Gasteiger partial charge in [0.15, 0.2) is 0 Å².